The molecule has 16 heavy (non-hydrogen) atoms. The molecule has 1 fully saturated rings. The van der Waals surface area contributed by atoms with Crippen LogP contribution in [0.5, 0.6) is 0 Å². The van der Waals surface area contributed by atoms with Gasteiger partial charge < -0.3 is 9.14 Å². The number of ether oxygens (including phenoxy) is 1. The van der Waals surface area contributed by atoms with Crippen molar-refractivity contribution < 1.29 is 4.74 Å². The summed E-state index contributed by atoms with van der Waals surface area (Å²) in [7, 11) is 0. The van der Waals surface area contributed by atoms with E-state index in [1.54, 1.807) is 0 Å². The van der Waals surface area contributed by atoms with E-state index in [2.05, 4.69) is 11.2 Å². The smallest absolute Gasteiger partial charge is 0.137 e. The van der Waals surface area contributed by atoms with Crippen molar-refractivity contribution in [3.05, 3.63) is 35.2 Å². The number of imidazole rings is 1. The van der Waals surface area contributed by atoms with Gasteiger partial charge in [-0.15, -0.1) is 0 Å². The van der Waals surface area contributed by atoms with E-state index in [4.69, 9.17) is 16.3 Å². The quantitative estimate of drug-likeness (QED) is 0.761. The lowest BCUT2D eigenvalue weighted by Gasteiger charge is -2.19. The SMILES string of the molecule is Clc1ccc2nc(C3CCOCC3)cn2c1. The molecule has 0 unspecified atom stereocenters. The molecule has 4 heteroatoms. The molecular formula is C12H13ClN2O. The summed E-state index contributed by atoms with van der Waals surface area (Å²) in [5.41, 5.74) is 2.12. The second-order valence-electron chi connectivity index (χ2n) is 4.17. The molecule has 3 nitrogen and oxygen atoms in total. The van der Waals surface area contributed by atoms with Crippen molar-refractivity contribution in [2.24, 2.45) is 0 Å². The Balaban J connectivity index is 1.97. The minimum atomic E-state index is 0.535. The van der Waals surface area contributed by atoms with Gasteiger partial charge >= 0.3 is 0 Å². The van der Waals surface area contributed by atoms with E-state index in [1.807, 2.05) is 22.7 Å². The van der Waals surface area contributed by atoms with Crippen molar-refractivity contribution in [3.8, 4) is 0 Å². The highest BCUT2D eigenvalue weighted by atomic mass is 35.5. The van der Waals surface area contributed by atoms with E-state index in [-0.39, 0.29) is 0 Å². The minimum Gasteiger partial charge on any atom is -0.381 e. The van der Waals surface area contributed by atoms with Gasteiger partial charge in [-0.1, -0.05) is 11.6 Å². The third-order valence-electron chi connectivity index (χ3n) is 3.07. The molecule has 0 radical (unpaired) electrons. The first-order valence-electron chi connectivity index (χ1n) is 5.55. The van der Waals surface area contributed by atoms with Crippen molar-refractivity contribution >= 4 is 17.2 Å². The van der Waals surface area contributed by atoms with Gasteiger partial charge in [0.15, 0.2) is 0 Å². The molecule has 1 saturated heterocycles. The fourth-order valence-corrected chi connectivity index (χ4v) is 2.34. The monoisotopic (exact) mass is 236 g/mol. The Labute approximate surface area is 99.0 Å². The van der Waals surface area contributed by atoms with Crippen molar-refractivity contribution in [3.63, 3.8) is 0 Å². The van der Waals surface area contributed by atoms with E-state index in [0.717, 1.165) is 42.4 Å². The van der Waals surface area contributed by atoms with Crippen LogP contribution in [-0.4, -0.2) is 22.6 Å². The fourth-order valence-electron chi connectivity index (χ4n) is 2.17. The predicted octanol–water partition coefficient (Wildman–Crippen LogP) is 2.88. The highest BCUT2D eigenvalue weighted by Crippen LogP contribution is 2.26. The van der Waals surface area contributed by atoms with E-state index < -0.39 is 0 Å². The average molecular weight is 237 g/mol. The van der Waals surface area contributed by atoms with Crippen LogP contribution in [0.25, 0.3) is 5.65 Å². The highest BCUT2D eigenvalue weighted by Gasteiger charge is 2.18. The molecular weight excluding hydrogens is 224 g/mol. The Hall–Kier alpha value is -1.06. The zero-order chi connectivity index (χ0) is 11.0. The molecule has 84 valence electrons. The van der Waals surface area contributed by atoms with Crippen molar-refractivity contribution in [2.45, 2.75) is 18.8 Å². The van der Waals surface area contributed by atoms with Crippen LogP contribution >= 0.6 is 11.6 Å². The van der Waals surface area contributed by atoms with Crippen molar-refractivity contribution in [2.75, 3.05) is 13.2 Å². The maximum absolute atomic E-state index is 5.95. The Morgan fingerprint density at radius 1 is 1.25 bits per heavy atom. The van der Waals surface area contributed by atoms with Gasteiger partial charge in [-0.25, -0.2) is 4.98 Å². The molecule has 0 aliphatic carbocycles. The molecule has 1 aliphatic heterocycles. The van der Waals surface area contributed by atoms with Crippen LogP contribution in [-0.2, 0) is 4.74 Å². The second-order valence-corrected chi connectivity index (χ2v) is 4.60. The number of halogens is 1. The molecule has 0 N–H and O–H groups in total. The van der Waals surface area contributed by atoms with Crippen LogP contribution in [0.15, 0.2) is 24.5 Å². The topological polar surface area (TPSA) is 26.5 Å². The number of hydrogen-bond acceptors (Lipinski definition) is 2. The average Bonchev–Trinajstić information content (AvgIpc) is 2.73. The molecule has 0 saturated carbocycles. The van der Waals surface area contributed by atoms with Gasteiger partial charge in [-0.05, 0) is 25.0 Å². The van der Waals surface area contributed by atoms with Gasteiger partial charge in [0.1, 0.15) is 5.65 Å². The zero-order valence-electron chi connectivity index (χ0n) is 8.90. The van der Waals surface area contributed by atoms with Crippen LogP contribution in [0.1, 0.15) is 24.5 Å². The van der Waals surface area contributed by atoms with Gasteiger partial charge in [0, 0.05) is 31.5 Å². The molecule has 3 heterocycles. The molecule has 2 aromatic heterocycles. The molecule has 0 aromatic carbocycles. The first-order valence-corrected chi connectivity index (χ1v) is 5.92. The number of fused-ring (bicyclic) bond motifs is 1. The van der Waals surface area contributed by atoms with Gasteiger partial charge in [-0.3, -0.25) is 0 Å². The standard InChI is InChI=1S/C12H13ClN2O/c13-10-1-2-12-14-11(8-15(12)7-10)9-3-5-16-6-4-9/h1-2,7-9H,3-6H2. The zero-order valence-corrected chi connectivity index (χ0v) is 9.65. The Kier molecular flexibility index (Phi) is 2.58. The summed E-state index contributed by atoms with van der Waals surface area (Å²) in [4.78, 5) is 4.63. The van der Waals surface area contributed by atoms with Gasteiger partial charge in [0.05, 0.1) is 10.7 Å². The lowest BCUT2D eigenvalue weighted by atomic mass is 9.97. The lowest BCUT2D eigenvalue weighted by molar-refractivity contribution is 0.0846. The number of aromatic nitrogens is 2. The second kappa shape index (κ2) is 4.07. The Bertz CT molecular complexity index is 503. The summed E-state index contributed by atoms with van der Waals surface area (Å²) < 4.78 is 7.35. The van der Waals surface area contributed by atoms with Crippen molar-refractivity contribution in [1.82, 2.24) is 9.38 Å². The van der Waals surface area contributed by atoms with Crippen LogP contribution in [0.4, 0.5) is 0 Å². The van der Waals surface area contributed by atoms with E-state index in [1.165, 1.54) is 0 Å². The van der Waals surface area contributed by atoms with Gasteiger partial charge in [0.25, 0.3) is 0 Å². The number of rotatable bonds is 1. The van der Waals surface area contributed by atoms with Gasteiger partial charge in [0.2, 0.25) is 0 Å². The highest BCUT2D eigenvalue weighted by molar-refractivity contribution is 6.30. The number of hydrogen-bond donors (Lipinski definition) is 0. The first-order chi connectivity index (χ1) is 7.83. The predicted molar refractivity (Wildman–Crippen MR) is 63.0 cm³/mol. The molecule has 0 bridgehead atoms. The largest absolute Gasteiger partial charge is 0.381 e. The molecule has 2 aromatic rings. The Morgan fingerprint density at radius 2 is 2.06 bits per heavy atom. The van der Waals surface area contributed by atoms with Crippen molar-refractivity contribution in [1.29, 1.82) is 0 Å². The number of nitrogens with zero attached hydrogens (tertiary/aromatic N) is 2. The van der Waals surface area contributed by atoms with Crippen LogP contribution in [0.3, 0.4) is 0 Å². The first kappa shape index (κ1) is 10.1. The van der Waals surface area contributed by atoms with Crippen LogP contribution in [0, 0.1) is 0 Å². The number of pyridine rings is 1. The summed E-state index contributed by atoms with van der Waals surface area (Å²) in [6.07, 6.45) is 6.11. The molecule has 0 spiro atoms. The third-order valence-corrected chi connectivity index (χ3v) is 3.30. The van der Waals surface area contributed by atoms with E-state index >= 15 is 0 Å². The minimum absolute atomic E-state index is 0.535. The summed E-state index contributed by atoms with van der Waals surface area (Å²) in [6.45, 7) is 1.69. The fraction of sp³-hybridized carbons (Fsp3) is 0.417. The third kappa shape index (κ3) is 1.81. The van der Waals surface area contributed by atoms with E-state index in [0.29, 0.717) is 5.92 Å². The summed E-state index contributed by atoms with van der Waals surface area (Å²) in [6, 6.07) is 3.82. The Morgan fingerprint density at radius 3 is 2.88 bits per heavy atom. The molecule has 0 amide bonds. The normalized spacial score (nSPS) is 18.1. The summed E-state index contributed by atoms with van der Waals surface area (Å²) in [5, 5.41) is 0.739. The van der Waals surface area contributed by atoms with Crippen LogP contribution < -0.4 is 0 Å². The molecule has 0 atom stereocenters. The summed E-state index contributed by atoms with van der Waals surface area (Å²) in [5.74, 6) is 0.535. The van der Waals surface area contributed by atoms with Crippen LogP contribution in [0.2, 0.25) is 5.02 Å². The lowest BCUT2D eigenvalue weighted by Crippen LogP contribution is -2.14. The maximum Gasteiger partial charge on any atom is 0.137 e. The van der Waals surface area contributed by atoms with E-state index in [9.17, 15) is 0 Å². The molecule has 1 aliphatic rings. The maximum atomic E-state index is 5.95. The molecule has 3 rings (SSSR count). The summed E-state index contributed by atoms with van der Waals surface area (Å²) >= 11 is 5.95. The van der Waals surface area contributed by atoms with Gasteiger partial charge in [-0.2, -0.15) is 0 Å².